The molecule has 1 amide bonds. The summed E-state index contributed by atoms with van der Waals surface area (Å²) in [5.74, 6) is 0.480. The van der Waals surface area contributed by atoms with Crippen LogP contribution >= 0.6 is 0 Å². The molecule has 0 spiro atoms. The van der Waals surface area contributed by atoms with E-state index in [9.17, 15) is 4.79 Å². The molecule has 0 saturated heterocycles. The topological polar surface area (TPSA) is 52.9 Å². The summed E-state index contributed by atoms with van der Waals surface area (Å²) in [7, 11) is 0. The Balaban J connectivity index is 2.61. The van der Waals surface area contributed by atoms with Crippen molar-refractivity contribution in [3.05, 3.63) is 35.4 Å². The Hall–Kier alpha value is -1.82. The maximum atomic E-state index is 11.8. The Kier molecular flexibility index (Phi) is 4.71. The average molecular weight is 230 g/mol. The minimum Gasteiger partial charge on any atom is -0.350 e. The summed E-state index contributed by atoms with van der Waals surface area (Å²) in [6.07, 6.45) is 0.960. The van der Waals surface area contributed by atoms with Crippen LogP contribution in [0.5, 0.6) is 0 Å². The summed E-state index contributed by atoms with van der Waals surface area (Å²) in [5.41, 5.74) is 1.16. The van der Waals surface area contributed by atoms with Crippen molar-refractivity contribution in [1.82, 2.24) is 5.32 Å². The van der Waals surface area contributed by atoms with Crippen LogP contribution in [0.4, 0.5) is 0 Å². The maximum absolute atomic E-state index is 11.8. The van der Waals surface area contributed by atoms with Gasteiger partial charge >= 0.3 is 0 Å². The average Bonchev–Trinajstić information content (AvgIpc) is 2.28. The Morgan fingerprint density at radius 2 is 1.88 bits per heavy atom. The van der Waals surface area contributed by atoms with Crippen molar-refractivity contribution in [1.29, 1.82) is 5.26 Å². The quantitative estimate of drug-likeness (QED) is 0.864. The van der Waals surface area contributed by atoms with Crippen LogP contribution in [0.15, 0.2) is 24.3 Å². The van der Waals surface area contributed by atoms with Gasteiger partial charge in [-0.25, -0.2) is 0 Å². The van der Waals surface area contributed by atoms with Crippen LogP contribution in [0.1, 0.15) is 43.1 Å². The van der Waals surface area contributed by atoms with Crippen molar-refractivity contribution < 1.29 is 4.79 Å². The van der Waals surface area contributed by atoms with Crippen LogP contribution in [0.2, 0.25) is 0 Å². The van der Waals surface area contributed by atoms with Crippen molar-refractivity contribution in [3.63, 3.8) is 0 Å². The Labute approximate surface area is 102 Å². The maximum Gasteiger partial charge on any atom is 0.251 e. The first-order valence-corrected chi connectivity index (χ1v) is 5.84. The van der Waals surface area contributed by atoms with E-state index in [2.05, 4.69) is 19.2 Å². The lowest BCUT2D eigenvalue weighted by Gasteiger charge is -2.15. The fraction of sp³-hybridized carbons (Fsp3) is 0.429. The van der Waals surface area contributed by atoms with Gasteiger partial charge in [0.2, 0.25) is 0 Å². The molecular formula is C14H18N2O. The minimum atomic E-state index is -0.0809. The number of nitrogens with zero attached hydrogens (tertiary/aromatic N) is 1. The summed E-state index contributed by atoms with van der Waals surface area (Å²) >= 11 is 0. The van der Waals surface area contributed by atoms with E-state index in [0.29, 0.717) is 17.0 Å². The number of carbonyl (C=O) groups is 1. The number of nitrogens with one attached hydrogen (secondary N) is 1. The summed E-state index contributed by atoms with van der Waals surface area (Å²) in [5, 5.41) is 11.6. The highest BCUT2D eigenvalue weighted by molar-refractivity contribution is 5.94. The summed E-state index contributed by atoms with van der Waals surface area (Å²) in [6, 6.07) is 8.86. The molecule has 0 fully saturated rings. The number of hydrogen-bond donors (Lipinski definition) is 1. The number of rotatable bonds is 4. The summed E-state index contributed by atoms with van der Waals surface area (Å²) in [6.45, 7) is 6.26. The molecule has 17 heavy (non-hydrogen) atoms. The van der Waals surface area contributed by atoms with Crippen molar-refractivity contribution in [2.45, 2.75) is 33.2 Å². The third-order valence-electron chi connectivity index (χ3n) is 2.48. The molecule has 0 aliphatic rings. The van der Waals surface area contributed by atoms with Crippen LogP contribution in [-0.2, 0) is 0 Å². The molecule has 0 bridgehead atoms. The van der Waals surface area contributed by atoms with Gasteiger partial charge in [0.15, 0.2) is 0 Å². The smallest absolute Gasteiger partial charge is 0.251 e. The molecule has 1 aromatic carbocycles. The lowest BCUT2D eigenvalue weighted by atomic mass is 10.0. The van der Waals surface area contributed by atoms with Crippen LogP contribution in [0, 0.1) is 17.2 Å². The van der Waals surface area contributed by atoms with E-state index in [4.69, 9.17) is 5.26 Å². The minimum absolute atomic E-state index is 0.0809. The fourth-order valence-electron chi connectivity index (χ4n) is 1.77. The number of carbonyl (C=O) groups excluding carboxylic acids is 1. The second kappa shape index (κ2) is 6.05. The van der Waals surface area contributed by atoms with E-state index in [1.807, 2.05) is 13.0 Å². The van der Waals surface area contributed by atoms with Crippen LogP contribution in [0.3, 0.4) is 0 Å². The van der Waals surface area contributed by atoms with Crippen molar-refractivity contribution >= 4 is 5.91 Å². The van der Waals surface area contributed by atoms with Crippen LogP contribution in [-0.4, -0.2) is 11.9 Å². The SMILES string of the molecule is CC(C)CC(C)NC(=O)c1ccc(C#N)cc1. The molecule has 1 unspecified atom stereocenters. The Bertz CT molecular complexity index is 415. The molecule has 3 nitrogen and oxygen atoms in total. The molecule has 0 saturated carbocycles. The lowest BCUT2D eigenvalue weighted by molar-refractivity contribution is 0.0936. The highest BCUT2D eigenvalue weighted by Crippen LogP contribution is 2.07. The predicted octanol–water partition coefficient (Wildman–Crippen LogP) is 2.72. The number of nitriles is 1. The van der Waals surface area contributed by atoms with E-state index >= 15 is 0 Å². The van der Waals surface area contributed by atoms with E-state index in [0.717, 1.165) is 6.42 Å². The van der Waals surface area contributed by atoms with Gasteiger partial charge in [-0.15, -0.1) is 0 Å². The van der Waals surface area contributed by atoms with Gasteiger partial charge in [-0.3, -0.25) is 4.79 Å². The first-order valence-electron chi connectivity index (χ1n) is 5.84. The molecule has 1 N–H and O–H groups in total. The standard InChI is InChI=1S/C14H18N2O/c1-10(2)8-11(3)16-14(17)13-6-4-12(9-15)5-7-13/h4-7,10-11H,8H2,1-3H3,(H,16,17). The lowest BCUT2D eigenvalue weighted by Crippen LogP contribution is -2.33. The summed E-state index contributed by atoms with van der Waals surface area (Å²) < 4.78 is 0. The summed E-state index contributed by atoms with van der Waals surface area (Å²) in [4.78, 5) is 11.8. The van der Waals surface area contributed by atoms with E-state index in [-0.39, 0.29) is 11.9 Å². The third kappa shape index (κ3) is 4.28. The van der Waals surface area contributed by atoms with Crippen LogP contribution in [0.25, 0.3) is 0 Å². The molecule has 1 atom stereocenters. The zero-order valence-corrected chi connectivity index (χ0v) is 10.5. The van der Waals surface area contributed by atoms with Gasteiger partial charge in [-0.05, 0) is 43.5 Å². The second-order valence-electron chi connectivity index (χ2n) is 4.69. The van der Waals surface area contributed by atoms with Crippen molar-refractivity contribution in [2.24, 2.45) is 5.92 Å². The highest BCUT2D eigenvalue weighted by atomic mass is 16.1. The highest BCUT2D eigenvalue weighted by Gasteiger charge is 2.10. The van der Waals surface area contributed by atoms with Gasteiger partial charge in [0.1, 0.15) is 0 Å². The molecule has 1 aromatic rings. The third-order valence-corrected chi connectivity index (χ3v) is 2.48. The van der Waals surface area contributed by atoms with Gasteiger partial charge in [-0.2, -0.15) is 5.26 Å². The molecule has 3 heteroatoms. The monoisotopic (exact) mass is 230 g/mol. The van der Waals surface area contributed by atoms with Gasteiger partial charge in [0, 0.05) is 11.6 Å². The van der Waals surface area contributed by atoms with Gasteiger partial charge < -0.3 is 5.32 Å². The molecule has 0 radical (unpaired) electrons. The first-order chi connectivity index (χ1) is 8.02. The van der Waals surface area contributed by atoms with E-state index in [1.165, 1.54) is 0 Å². The van der Waals surface area contributed by atoms with Crippen molar-refractivity contribution in [2.75, 3.05) is 0 Å². The number of hydrogen-bond acceptors (Lipinski definition) is 2. The second-order valence-corrected chi connectivity index (χ2v) is 4.69. The zero-order valence-electron chi connectivity index (χ0n) is 10.5. The Morgan fingerprint density at radius 3 is 2.35 bits per heavy atom. The van der Waals surface area contributed by atoms with E-state index in [1.54, 1.807) is 24.3 Å². The first kappa shape index (κ1) is 13.2. The molecular weight excluding hydrogens is 212 g/mol. The van der Waals surface area contributed by atoms with E-state index < -0.39 is 0 Å². The zero-order chi connectivity index (χ0) is 12.8. The molecule has 1 rings (SSSR count). The molecule has 0 aromatic heterocycles. The van der Waals surface area contributed by atoms with Gasteiger partial charge in [0.25, 0.3) is 5.91 Å². The molecule has 0 heterocycles. The number of benzene rings is 1. The molecule has 0 aliphatic carbocycles. The predicted molar refractivity (Wildman–Crippen MR) is 67.5 cm³/mol. The normalized spacial score (nSPS) is 11.9. The fourth-order valence-corrected chi connectivity index (χ4v) is 1.77. The van der Waals surface area contributed by atoms with Gasteiger partial charge in [0.05, 0.1) is 11.6 Å². The largest absolute Gasteiger partial charge is 0.350 e. The van der Waals surface area contributed by atoms with Crippen LogP contribution < -0.4 is 5.32 Å². The molecule has 0 aliphatic heterocycles. The Morgan fingerprint density at radius 1 is 1.29 bits per heavy atom. The van der Waals surface area contributed by atoms with Crippen molar-refractivity contribution in [3.8, 4) is 6.07 Å². The number of amides is 1. The molecule has 90 valence electrons. The van der Waals surface area contributed by atoms with Gasteiger partial charge in [-0.1, -0.05) is 13.8 Å².